The molecule has 0 amide bonds. The highest BCUT2D eigenvalue weighted by molar-refractivity contribution is 5.76. The summed E-state index contributed by atoms with van der Waals surface area (Å²) in [7, 11) is 0. The quantitative estimate of drug-likeness (QED) is 0.684. The molecule has 4 heteroatoms. The number of hydrogen-bond donors (Lipinski definition) is 0. The van der Waals surface area contributed by atoms with Crippen molar-refractivity contribution in [2.24, 2.45) is 17.3 Å². The van der Waals surface area contributed by atoms with Gasteiger partial charge in [0.25, 0.3) is 0 Å². The second-order valence-corrected chi connectivity index (χ2v) is 8.55. The molecular weight excluding hydrogens is 304 g/mol. The van der Waals surface area contributed by atoms with E-state index in [0.29, 0.717) is 18.3 Å². The average Bonchev–Trinajstić information content (AvgIpc) is 2.34. The SMILES string of the molecule is C.C.CCC(C)(C)C(=O)OC12CC3CC(CC(OC(C)=O)(C3)C1)C2. The van der Waals surface area contributed by atoms with E-state index in [4.69, 9.17) is 9.47 Å². The molecule has 0 aliphatic heterocycles. The topological polar surface area (TPSA) is 52.6 Å². The van der Waals surface area contributed by atoms with Crippen molar-refractivity contribution in [1.29, 1.82) is 0 Å². The van der Waals surface area contributed by atoms with Gasteiger partial charge in [0.15, 0.2) is 0 Å². The van der Waals surface area contributed by atoms with Crippen LogP contribution in [0.2, 0.25) is 0 Å². The van der Waals surface area contributed by atoms with Crippen LogP contribution in [-0.2, 0) is 19.1 Å². The molecule has 4 nitrogen and oxygen atoms in total. The van der Waals surface area contributed by atoms with Gasteiger partial charge in [0.05, 0.1) is 5.41 Å². The van der Waals surface area contributed by atoms with E-state index in [1.54, 1.807) is 0 Å². The van der Waals surface area contributed by atoms with Crippen LogP contribution in [0.3, 0.4) is 0 Å². The van der Waals surface area contributed by atoms with Crippen molar-refractivity contribution in [3.8, 4) is 0 Å². The lowest BCUT2D eigenvalue weighted by atomic mass is 9.52. The Labute approximate surface area is 147 Å². The maximum atomic E-state index is 12.6. The van der Waals surface area contributed by atoms with Crippen LogP contribution >= 0.6 is 0 Å². The van der Waals surface area contributed by atoms with Crippen LogP contribution < -0.4 is 0 Å². The van der Waals surface area contributed by atoms with Crippen LogP contribution in [0.25, 0.3) is 0 Å². The minimum atomic E-state index is -0.447. The van der Waals surface area contributed by atoms with Gasteiger partial charge in [-0.3, -0.25) is 9.59 Å². The molecule has 2 atom stereocenters. The molecule has 0 aromatic rings. The number of ether oxygens (including phenoxy) is 2. The highest BCUT2D eigenvalue weighted by Gasteiger charge is 2.61. The summed E-state index contributed by atoms with van der Waals surface area (Å²) in [6, 6.07) is 0. The standard InChI is InChI=1S/C18H28O4.2CH4/c1-5-16(3,4)15(20)22-18-9-13-6-14(10-18)8-17(7-13,11-18)21-12(2)19;;/h13-14H,5-11H2,1-4H3;2*1H4. The van der Waals surface area contributed by atoms with Gasteiger partial charge in [-0.1, -0.05) is 21.8 Å². The van der Waals surface area contributed by atoms with Gasteiger partial charge in [-0.15, -0.1) is 0 Å². The molecule has 0 saturated heterocycles. The van der Waals surface area contributed by atoms with E-state index >= 15 is 0 Å². The van der Waals surface area contributed by atoms with Gasteiger partial charge in [-0.05, 0) is 64.2 Å². The second-order valence-electron chi connectivity index (χ2n) is 8.55. The Morgan fingerprint density at radius 3 is 1.88 bits per heavy atom. The minimum Gasteiger partial charge on any atom is -0.459 e. The lowest BCUT2D eigenvalue weighted by Gasteiger charge is -2.60. The summed E-state index contributed by atoms with van der Waals surface area (Å²) >= 11 is 0. The first kappa shape index (κ1) is 21.0. The van der Waals surface area contributed by atoms with Crippen LogP contribution in [0.1, 0.15) is 87.5 Å². The van der Waals surface area contributed by atoms with E-state index in [1.165, 1.54) is 13.3 Å². The molecule has 140 valence electrons. The number of carbonyl (C=O) groups is 2. The van der Waals surface area contributed by atoms with E-state index < -0.39 is 11.0 Å². The summed E-state index contributed by atoms with van der Waals surface area (Å²) < 4.78 is 11.8. The van der Waals surface area contributed by atoms with Crippen molar-refractivity contribution >= 4 is 11.9 Å². The Kier molecular flexibility index (Phi) is 5.84. The predicted molar refractivity (Wildman–Crippen MR) is 95.5 cm³/mol. The van der Waals surface area contributed by atoms with Gasteiger partial charge in [-0.25, -0.2) is 0 Å². The van der Waals surface area contributed by atoms with Crippen molar-refractivity contribution in [2.45, 2.75) is 98.7 Å². The smallest absolute Gasteiger partial charge is 0.312 e. The van der Waals surface area contributed by atoms with Crippen molar-refractivity contribution in [3.05, 3.63) is 0 Å². The summed E-state index contributed by atoms with van der Waals surface area (Å²) in [6.45, 7) is 7.38. The van der Waals surface area contributed by atoms with E-state index in [0.717, 1.165) is 32.1 Å². The van der Waals surface area contributed by atoms with Crippen LogP contribution in [0.5, 0.6) is 0 Å². The van der Waals surface area contributed by atoms with E-state index in [2.05, 4.69) is 0 Å². The van der Waals surface area contributed by atoms with E-state index in [1.807, 2.05) is 20.8 Å². The zero-order valence-corrected chi connectivity index (χ0v) is 14.2. The van der Waals surface area contributed by atoms with Crippen molar-refractivity contribution in [3.63, 3.8) is 0 Å². The van der Waals surface area contributed by atoms with Crippen molar-refractivity contribution < 1.29 is 19.1 Å². The molecule has 2 unspecified atom stereocenters. The number of hydrogen-bond acceptors (Lipinski definition) is 4. The Morgan fingerprint density at radius 2 is 1.46 bits per heavy atom. The average molecular weight is 341 g/mol. The molecule has 0 heterocycles. The first-order valence-corrected chi connectivity index (χ1v) is 8.61. The molecule has 0 aromatic heterocycles. The van der Waals surface area contributed by atoms with Gasteiger partial charge in [-0.2, -0.15) is 0 Å². The van der Waals surface area contributed by atoms with Crippen molar-refractivity contribution in [1.82, 2.24) is 0 Å². The monoisotopic (exact) mass is 340 g/mol. The summed E-state index contributed by atoms with van der Waals surface area (Å²) in [5, 5.41) is 0. The third-order valence-corrected chi connectivity index (χ3v) is 6.06. The highest BCUT2D eigenvalue weighted by atomic mass is 16.6. The molecular formula is C20H36O4. The van der Waals surface area contributed by atoms with Crippen molar-refractivity contribution in [2.75, 3.05) is 0 Å². The van der Waals surface area contributed by atoms with Gasteiger partial charge >= 0.3 is 11.9 Å². The molecule has 0 aromatic carbocycles. The van der Waals surface area contributed by atoms with Gasteiger partial charge < -0.3 is 9.47 Å². The summed E-state index contributed by atoms with van der Waals surface area (Å²) in [4.78, 5) is 24.1. The Hall–Kier alpha value is -1.06. The highest BCUT2D eigenvalue weighted by Crippen LogP contribution is 2.60. The largest absolute Gasteiger partial charge is 0.459 e. The molecule has 4 rings (SSSR count). The maximum absolute atomic E-state index is 12.6. The van der Waals surface area contributed by atoms with Crippen LogP contribution in [-0.4, -0.2) is 23.1 Å². The fraction of sp³-hybridized carbons (Fsp3) is 0.900. The molecule has 4 saturated carbocycles. The fourth-order valence-electron chi connectivity index (χ4n) is 5.12. The Bertz CT molecular complexity index is 480. The van der Waals surface area contributed by atoms with Crippen LogP contribution in [0.4, 0.5) is 0 Å². The zero-order chi connectivity index (χ0) is 16.2. The molecule has 4 bridgehead atoms. The molecule has 4 fully saturated rings. The lowest BCUT2D eigenvalue weighted by molar-refractivity contribution is -0.234. The van der Waals surface area contributed by atoms with Gasteiger partial charge in [0.1, 0.15) is 11.2 Å². The molecule has 0 N–H and O–H groups in total. The Morgan fingerprint density at radius 1 is 1.00 bits per heavy atom. The molecule has 0 spiro atoms. The minimum absolute atomic E-state index is 0. The second kappa shape index (κ2) is 6.68. The number of rotatable bonds is 4. The van der Waals surface area contributed by atoms with Gasteiger partial charge in [0, 0.05) is 13.3 Å². The number of esters is 2. The maximum Gasteiger partial charge on any atom is 0.312 e. The molecule has 4 aliphatic carbocycles. The Balaban J connectivity index is 0.00000144. The molecule has 0 radical (unpaired) electrons. The van der Waals surface area contributed by atoms with Crippen LogP contribution in [0, 0.1) is 17.3 Å². The lowest BCUT2D eigenvalue weighted by Crippen LogP contribution is -2.62. The molecule has 4 aliphatic rings. The zero-order valence-electron chi connectivity index (χ0n) is 14.2. The van der Waals surface area contributed by atoms with E-state index in [-0.39, 0.29) is 32.4 Å². The summed E-state index contributed by atoms with van der Waals surface area (Å²) in [5.41, 5.74) is -1.23. The normalized spacial score (nSPS) is 36.3. The summed E-state index contributed by atoms with van der Waals surface area (Å²) in [5.74, 6) is 0.739. The first-order chi connectivity index (χ1) is 10.2. The third-order valence-electron chi connectivity index (χ3n) is 6.06. The fourth-order valence-corrected chi connectivity index (χ4v) is 5.12. The predicted octanol–water partition coefficient (Wildman–Crippen LogP) is 4.89. The van der Waals surface area contributed by atoms with Crippen LogP contribution in [0.15, 0.2) is 0 Å². The summed E-state index contributed by atoms with van der Waals surface area (Å²) in [6.07, 6.45) is 6.43. The van der Waals surface area contributed by atoms with E-state index in [9.17, 15) is 9.59 Å². The third kappa shape index (κ3) is 3.62. The molecule has 24 heavy (non-hydrogen) atoms. The van der Waals surface area contributed by atoms with Gasteiger partial charge in [0.2, 0.25) is 0 Å². The first-order valence-electron chi connectivity index (χ1n) is 8.61. The number of carbonyl (C=O) groups excluding carboxylic acids is 2.